The Labute approximate surface area is 70.1 Å². The van der Waals surface area contributed by atoms with Crippen molar-refractivity contribution >= 4 is 6.03 Å². The van der Waals surface area contributed by atoms with E-state index in [9.17, 15) is 4.79 Å². The molecule has 1 amide bonds. The average molecular weight is 166 g/mol. The van der Waals surface area contributed by atoms with Gasteiger partial charge in [0.1, 0.15) is 6.33 Å². The Morgan fingerprint density at radius 1 is 1.58 bits per heavy atom. The molecule has 64 valence electrons. The van der Waals surface area contributed by atoms with Crippen molar-refractivity contribution in [1.29, 1.82) is 0 Å². The van der Waals surface area contributed by atoms with Gasteiger partial charge in [0.25, 0.3) is 0 Å². The van der Waals surface area contributed by atoms with Crippen molar-refractivity contribution in [2.75, 3.05) is 7.05 Å². The molecule has 0 fully saturated rings. The van der Waals surface area contributed by atoms with Crippen molar-refractivity contribution in [2.45, 2.75) is 0 Å². The van der Waals surface area contributed by atoms with E-state index in [4.69, 9.17) is 0 Å². The lowest BCUT2D eigenvalue weighted by atomic mass is 10.8. The number of carbonyl (C=O) groups excluding carboxylic acids is 1. The van der Waals surface area contributed by atoms with E-state index in [1.165, 1.54) is 17.1 Å². The van der Waals surface area contributed by atoms with E-state index < -0.39 is 0 Å². The summed E-state index contributed by atoms with van der Waals surface area (Å²) in [6.45, 7) is 0. The quantitative estimate of drug-likeness (QED) is 0.656. The predicted octanol–water partition coefficient (Wildman–Crippen LogP) is 0.131. The van der Waals surface area contributed by atoms with Crippen LogP contribution in [0.1, 0.15) is 0 Å². The zero-order chi connectivity index (χ0) is 8.81. The van der Waals surface area contributed by atoms with Gasteiger partial charge in [-0.2, -0.15) is 0 Å². The Bertz CT molecular complexity index is 265. The molecule has 5 heteroatoms. The number of hydrogen-bond acceptors (Lipinski definition) is 3. The number of rotatable bonds is 2. The van der Waals surface area contributed by atoms with Gasteiger partial charge in [-0.25, -0.2) is 9.78 Å². The Balaban J connectivity index is 2.45. The summed E-state index contributed by atoms with van der Waals surface area (Å²) < 4.78 is 1.35. The third kappa shape index (κ3) is 2.12. The monoisotopic (exact) mass is 166 g/mol. The van der Waals surface area contributed by atoms with Crippen molar-refractivity contribution in [3.05, 3.63) is 31.1 Å². The highest BCUT2D eigenvalue weighted by Crippen LogP contribution is 1.83. The lowest BCUT2D eigenvalue weighted by molar-refractivity contribution is 0.245. The molecule has 0 radical (unpaired) electrons. The van der Waals surface area contributed by atoms with Crippen molar-refractivity contribution in [1.82, 2.24) is 20.2 Å². The highest BCUT2D eigenvalue weighted by Gasteiger charge is 1.97. The maximum atomic E-state index is 11.1. The second-order valence-electron chi connectivity index (χ2n) is 2.04. The molecule has 0 atom stereocenters. The fraction of sp³-hybridized carbons (Fsp3) is 0.143. The van der Waals surface area contributed by atoms with Gasteiger partial charge in [0.05, 0.1) is 0 Å². The first-order valence-corrected chi connectivity index (χ1v) is 3.45. The molecule has 0 bridgehead atoms. The van der Waals surface area contributed by atoms with Gasteiger partial charge in [-0.1, -0.05) is 0 Å². The standard InChI is InChI=1S/C7H10N4O/c1-8-2-3-10-7(12)11-5-4-9-6-11/h2-6,8H,1H3,(H,10,12)/b3-2-. The van der Waals surface area contributed by atoms with Gasteiger partial charge in [0.2, 0.25) is 0 Å². The van der Waals surface area contributed by atoms with Gasteiger partial charge in [-0.15, -0.1) is 0 Å². The smallest absolute Gasteiger partial charge is 0.330 e. The molecular weight excluding hydrogens is 156 g/mol. The SMILES string of the molecule is CN/C=C\NC(=O)n1ccnc1. The third-order valence-corrected chi connectivity index (χ3v) is 1.20. The molecular formula is C7H10N4O. The lowest BCUT2D eigenvalue weighted by Gasteiger charge is -1.97. The van der Waals surface area contributed by atoms with Crippen molar-refractivity contribution < 1.29 is 4.79 Å². The molecule has 1 heterocycles. The zero-order valence-electron chi connectivity index (χ0n) is 6.69. The van der Waals surface area contributed by atoms with Crippen LogP contribution in [-0.4, -0.2) is 22.6 Å². The number of hydrogen-bond donors (Lipinski definition) is 2. The molecule has 0 aromatic carbocycles. The molecule has 12 heavy (non-hydrogen) atoms. The van der Waals surface area contributed by atoms with E-state index in [2.05, 4.69) is 15.6 Å². The van der Waals surface area contributed by atoms with Crippen LogP contribution in [0.3, 0.4) is 0 Å². The molecule has 0 spiro atoms. The molecule has 1 aromatic heterocycles. The fourth-order valence-corrected chi connectivity index (χ4v) is 0.650. The molecule has 5 nitrogen and oxygen atoms in total. The molecule has 0 aliphatic heterocycles. The van der Waals surface area contributed by atoms with E-state index >= 15 is 0 Å². The maximum Gasteiger partial charge on any atom is 0.330 e. The number of imidazole rings is 1. The third-order valence-electron chi connectivity index (χ3n) is 1.20. The normalized spacial score (nSPS) is 10.1. The van der Waals surface area contributed by atoms with Gasteiger partial charge in [-0.3, -0.25) is 4.57 Å². The molecule has 0 aliphatic rings. The number of nitrogens with zero attached hydrogens (tertiary/aromatic N) is 2. The molecule has 1 aromatic rings. The van der Waals surface area contributed by atoms with Crippen LogP contribution in [-0.2, 0) is 0 Å². The minimum Gasteiger partial charge on any atom is -0.393 e. The number of amides is 1. The summed E-state index contributed by atoms with van der Waals surface area (Å²) in [4.78, 5) is 14.8. The van der Waals surface area contributed by atoms with E-state index in [1.54, 1.807) is 25.6 Å². The minimum absolute atomic E-state index is 0.237. The summed E-state index contributed by atoms with van der Waals surface area (Å²) in [6.07, 6.45) is 7.68. The lowest BCUT2D eigenvalue weighted by Crippen LogP contribution is -2.22. The van der Waals surface area contributed by atoms with Crippen molar-refractivity contribution in [2.24, 2.45) is 0 Å². The summed E-state index contributed by atoms with van der Waals surface area (Å²) in [6, 6.07) is -0.237. The van der Waals surface area contributed by atoms with Crippen LogP contribution in [0, 0.1) is 0 Å². The average Bonchev–Trinajstić information content (AvgIpc) is 2.56. The van der Waals surface area contributed by atoms with Gasteiger partial charge in [0, 0.05) is 31.8 Å². The Kier molecular flexibility index (Phi) is 2.89. The second kappa shape index (κ2) is 4.17. The molecule has 2 N–H and O–H groups in total. The maximum absolute atomic E-state index is 11.1. The fourth-order valence-electron chi connectivity index (χ4n) is 0.650. The van der Waals surface area contributed by atoms with Crippen LogP contribution < -0.4 is 10.6 Å². The molecule has 0 saturated carbocycles. The highest BCUT2D eigenvalue weighted by molar-refractivity contribution is 5.77. The van der Waals surface area contributed by atoms with Crippen LogP contribution in [0.4, 0.5) is 4.79 Å². The Hall–Kier alpha value is -1.78. The summed E-state index contributed by atoms with van der Waals surface area (Å²) in [5, 5.41) is 5.28. The van der Waals surface area contributed by atoms with Crippen LogP contribution in [0.5, 0.6) is 0 Å². The first-order chi connectivity index (χ1) is 5.84. The van der Waals surface area contributed by atoms with Crippen molar-refractivity contribution in [3.8, 4) is 0 Å². The molecule has 1 rings (SSSR count). The topological polar surface area (TPSA) is 58.9 Å². The summed E-state index contributed by atoms with van der Waals surface area (Å²) in [5.41, 5.74) is 0. The Morgan fingerprint density at radius 3 is 3.00 bits per heavy atom. The van der Waals surface area contributed by atoms with E-state index in [0.717, 1.165) is 0 Å². The molecule has 0 aliphatic carbocycles. The summed E-state index contributed by atoms with van der Waals surface area (Å²) in [7, 11) is 1.75. The minimum atomic E-state index is -0.237. The van der Waals surface area contributed by atoms with Crippen LogP contribution in [0.25, 0.3) is 0 Å². The van der Waals surface area contributed by atoms with Crippen LogP contribution in [0.2, 0.25) is 0 Å². The molecule has 0 unspecified atom stereocenters. The van der Waals surface area contributed by atoms with Gasteiger partial charge in [-0.05, 0) is 0 Å². The number of aromatic nitrogens is 2. The largest absolute Gasteiger partial charge is 0.393 e. The van der Waals surface area contributed by atoms with Crippen LogP contribution in [0.15, 0.2) is 31.1 Å². The van der Waals surface area contributed by atoms with Gasteiger partial charge < -0.3 is 10.6 Å². The van der Waals surface area contributed by atoms with E-state index in [1.807, 2.05) is 0 Å². The molecule has 0 saturated heterocycles. The predicted molar refractivity (Wildman–Crippen MR) is 44.4 cm³/mol. The van der Waals surface area contributed by atoms with Crippen molar-refractivity contribution in [3.63, 3.8) is 0 Å². The zero-order valence-corrected chi connectivity index (χ0v) is 6.69. The Morgan fingerprint density at radius 2 is 2.42 bits per heavy atom. The van der Waals surface area contributed by atoms with Crippen LogP contribution >= 0.6 is 0 Å². The second-order valence-corrected chi connectivity index (χ2v) is 2.04. The first kappa shape index (κ1) is 8.32. The first-order valence-electron chi connectivity index (χ1n) is 3.45. The number of carbonyl (C=O) groups is 1. The van der Waals surface area contributed by atoms with Gasteiger partial charge in [0.15, 0.2) is 0 Å². The summed E-state index contributed by atoms with van der Waals surface area (Å²) >= 11 is 0. The number of nitrogens with one attached hydrogen (secondary N) is 2. The summed E-state index contributed by atoms with van der Waals surface area (Å²) in [5.74, 6) is 0. The highest BCUT2D eigenvalue weighted by atomic mass is 16.2. The van der Waals surface area contributed by atoms with E-state index in [-0.39, 0.29) is 6.03 Å². The van der Waals surface area contributed by atoms with E-state index in [0.29, 0.717) is 0 Å². The van der Waals surface area contributed by atoms with Gasteiger partial charge >= 0.3 is 6.03 Å².